The van der Waals surface area contributed by atoms with Crippen LogP contribution in [-0.2, 0) is 19.1 Å². The predicted octanol–water partition coefficient (Wildman–Crippen LogP) is 3.46. The van der Waals surface area contributed by atoms with Gasteiger partial charge in [-0.25, -0.2) is 0 Å². The number of unbranched alkanes of at least 4 members (excludes halogenated alkanes) is 2. The van der Waals surface area contributed by atoms with Gasteiger partial charge in [-0.1, -0.05) is 19.3 Å². The van der Waals surface area contributed by atoms with Crippen LogP contribution in [0, 0.1) is 5.92 Å². The van der Waals surface area contributed by atoms with Crippen molar-refractivity contribution in [1.82, 2.24) is 0 Å². The van der Waals surface area contributed by atoms with Crippen LogP contribution in [0.2, 0.25) is 0 Å². The van der Waals surface area contributed by atoms with E-state index in [0.29, 0.717) is 17.6 Å². The summed E-state index contributed by atoms with van der Waals surface area (Å²) in [7, 11) is 2.76. The second-order valence-corrected chi connectivity index (χ2v) is 7.10. The van der Waals surface area contributed by atoms with Crippen LogP contribution >= 0.6 is 0 Å². The minimum atomic E-state index is -0.255. The van der Waals surface area contributed by atoms with Crippen LogP contribution in [0.25, 0.3) is 0 Å². The first-order chi connectivity index (χ1) is 12.0. The maximum atomic E-state index is 12.5. The van der Waals surface area contributed by atoms with Crippen molar-refractivity contribution < 1.29 is 24.2 Å². The zero-order chi connectivity index (χ0) is 18.4. The first-order valence-electron chi connectivity index (χ1n) is 9.29. The van der Waals surface area contributed by atoms with Crippen LogP contribution in [0.15, 0.2) is 22.7 Å². The molecule has 25 heavy (non-hydrogen) atoms. The van der Waals surface area contributed by atoms with Crippen molar-refractivity contribution in [3.8, 4) is 0 Å². The van der Waals surface area contributed by atoms with Gasteiger partial charge in [0.05, 0.1) is 20.3 Å². The Labute approximate surface area is 150 Å². The highest BCUT2D eigenvalue weighted by molar-refractivity contribution is 6.23. The molecule has 2 rings (SSSR count). The monoisotopic (exact) mass is 350 g/mol. The molecule has 0 aromatic rings. The van der Waals surface area contributed by atoms with Gasteiger partial charge in [-0.3, -0.25) is 9.59 Å². The third-order valence-corrected chi connectivity index (χ3v) is 5.45. The Balaban J connectivity index is 1.81. The van der Waals surface area contributed by atoms with Crippen molar-refractivity contribution in [2.75, 3.05) is 14.2 Å². The van der Waals surface area contributed by atoms with Gasteiger partial charge in [-0.05, 0) is 51.4 Å². The van der Waals surface area contributed by atoms with E-state index >= 15 is 0 Å². The lowest BCUT2D eigenvalue weighted by atomic mass is 9.84. The van der Waals surface area contributed by atoms with Gasteiger partial charge < -0.3 is 14.6 Å². The number of rotatable bonds is 8. The summed E-state index contributed by atoms with van der Waals surface area (Å²) in [5, 5.41) is 9.54. The molecule has 1 fully saturated rings. The fourth-order valence-electron chi connectivity index (χ4n) is 3.84. The molecule has 0 aromatic heterocycles. The van der Waals surface area contributed by atoms with Gasteiger partial charge in [0.2, 0.25) is 23.1 Å². The van der Waals surface area contributed by atoms with E-state index < -0.39 is 0 Å². The number of hydrogen-bond acceptors (Lipinski definition) is 5. The maximum Gasteiger partial charge on any atom is 0.228 e. The van der Waals surface area contributed by atoms with Crippen LogP contribution in [0.4, 0.5) is 0 Å². The fourth-order valence-corrected chi connectivity index (χ4v) is 3.84. The molecule has 5 nitrogen and oxygen atoms in total. The molecular formula is C20H30O5. The number of hydrogen-bond donors (Lipinski definition) is 1. The molecule has 0 heterocycles. The lowest BCUT2D eigenvalue weighted by molar-refractivity contribution is -0.121. The lowest BCUT2D eigenvalue weighted by Crippen LogP contribution is -2.25. The van der Waals surface area contributed by atoms with Crippen LogP contribution in [0.3, 0.4) is 0 Å². The molecule has 0 amide bonds. The van der Waals surface area contributed by atoms with E-state index in [4.69, 9.17) is 9.47 Å². The molecule has 0 aliphatic heterocycles. The number of carbonyl (C=O) groups is 2. The molecule has 1 saturated carbocycles. The smallest absolute Gasteiger partial charge is 0.228 e. The fraction of sp³-hybridized carbons (Fsp3) is 0.700. The van der Waals surface area contributed by atoms with Gasteiger partial charge in [0.25, 0.3) is 0 Å². The summed E-state index contributed by atoms with van der Waals surface area (Å²) >= 11 is 0. The highest BCUT2D eigenvalue weighted by atomic mass is 16.5. The first-order valence-corrected chi connectivity index (χ1v) is 9.29. The molecule has 2 aliphatic rings. The van der Waals surface area contributed by atoms with Crippen molar-refractivity contribution in [3.63, 3.8) is 0 Å². The number of ketones is 2. The largest absolute Gasteiger partial charge is 0.489 e. The summed E-state index contributed by atoms with van der Waals surface area (Å²) in [6, 6.07) is 0. The molecule has 0 saturated heterocycles. The molecule has 0 radical (unpaired) electrons. The number of carbonyl (C=O) groups excluding carboxylic acids is 2. The third-order valence-electron chi connectivity index (χ3n) is 5.45. The molecule has 0 unspecified atom stereocenters. The van der Waals surface area contributed by atoms with Crippen LogP contribution < -0.4 is 0 Å². The van der Waals surface area contributed by atoms with E-state index in [0.717, 1.165) is 50.9 Å². The van der Waals surface area contributed by atoms with Gasteiger partial charge in [-0.15, -0.1) is 0 Å². The Morgan fingerprint density at radius 3 is 2.12 bits per heavy atom. The van der Waals surface area contributed by atoms with Crippen LogP contribution in [-0.4, -0.2) is 37.0 Å². The van der Waals surface area contributed by atoms with E-state index in [2.05, 4.69) is 0 Å². The zero-order valence-corrected chi connectivity index (χ0v) is 15.6. The van der Waals surface area contributed by atoms with Gasteiger partial charge in [0.1, 0.15) is 0 Å². The second kappa shape index (κ2) is 9.18. The quantitative estimate of drug-likeness (QED) is 0.536. The van der Waals surface area contributed by atoms with Gasteiger partial charge >= 0.3 is 0 Å². The number of methoxy groups -OCH3 is 2. The maximum absolute atomic E-state index is 12.5. The van der Waals surface area contributed by atoms with Gasteiger partial charge in [0.15, 0.2) is 0 Å². The molecule has 0 spiro atoms. The number of ether oxygens (including phenoxy) is 2. The highest BCUT2D eigenvalue weighted by Crippen LogP contribution is 2.30. The minimum absolute atomic E-state index is 0.00763. The Hall–Kier alpha value is -1.62. The summed E-state index contributed by atoms with van der Waals surface area (Å²) < 4.78 is 10.1. The molecule has 2 aliphatic carbocycles. The number of allylic oxidation sites excluding steroid dienone is 2. The summed E-state index contributed by atoms with van der Waals surface area (Å²) in [5.74, 6) is 0.282. The van der Waals surface area contributed by atoms with Crippen molar-refractivity contribution >= 4 is 11.6 Å². The Morgan fingerprint density at radius 2 is 1.52 bits per heavy atom. The second-order valence-electron chi connectivity index (χ2n) is 7.10. The molecule has 1 N–H and O–H groups in total. The SMILES string of the molecule is COC1=C(OC)C(=O)C(CCCCC[C@H]2CC[C@H](O)CC2)=C(C)C1=O. The zero-order valence-electron chi connectivity index (χ0n) is 15.6. The Kier molecular flexibility index (Phi) is 7.24. The minimum Gasteiger partial charge on any atom is -0.489 e. The molecule has 0 atom stereocenters. The number of aliphatic hydroxyl groups is 1. The summed E-state index contributed by atoms with van der Waals surface area (Å²) in [5.41, 5.74) is 1.03. The summed E-state index contributed by atoms with van der Waals surface area (Å²) in [4.78, 5) is 24.8. The Bertz CT molecular complexity index is 565. The highest BCUT2D eigenvalue weighted by Gasteiger charge is 2.34. The van der Waals surface area contributed by atoms with Crippen LogP contribution in [0.5, 0.6) is 0 Å². The topological polar surface area (TPSA) is 72.8 Å². The number of Topliss-reactive ketones (excluding diaryl/α,β-unsaturated/α-hetero) is 2. The van der Waals surface area contributed by atoms with E-state index in [1.54, 1.807) is 6.92 Å². The molecule has 5 heteroatoms. The van der Waals surface area contributed by atoms with Crippen molar-refractivity contribution in [2.45, 2.75) is 70.8 Å². The van der Waals surface area contributed by atoms with E-state index in [1.165, 1.54) is 20.6 Å². The van der Waals surface area contributed by atoms with Gasteiger partial charge in [-0.2, -0.15) is 0 Å². The predicted molar refractivity (Wildman–Crippen MR) is 94.8 cm³/mol. The van der Waals surface area contributed by atoms with Crippen molar-refractivity contribution in [3.05, 3.63) is 22.7 Å². The summed E-state index contributed by atoms with van der Waals surface area (Å²) in [6.07, 6.45) is 8.87. The van der Waals surface area contributed by atoms with E-state index in [9.17, 15) is 14.7 Å². The average molecular weight is 350 g/mol. The normalized spacial score (nSPS) is 24.8. The van der Waals surface area contributed by atoms with Crippen molar-refractivity contribution in [1.29, 1.82) is 0 Å². The van der Waals surface area contributed by atoms with Crippen LogP contribution in [0.1, 0.15) is 64.7 Å². The molecule has 0 bridgehead atoms. The average Bonchev–Trinajstić information content (AvgIpc) is 2.61. The molecule has 0 aromatic carbocycles. The summed E-state index contributed by atoms with van der Waals surface area (Å²) in [6.45, 7) is 1.69. The Morgan fingerprint density at radius 1 is 0.920 bits per heavy atom. The third kappa shape index (κ3) is 4.72. The van der Waals surface area contributed by atoms with E-state index in [-0.39, 0.29) is 29.2 Å². The molecular weight excluding hydrogens is 320 g/mol. The number of aliphatic hydroxyl groups excluding tert-OH is 1. The first kappa shape index (κ1) is 19.7. The van der Waals surface area contributed by atoms with Gasteiger partial charge in [0, 0.05) is 11.1 Å². The van der Waals surface area contributed by atoms with Crippen molar-refractivity contribution in [2.24, 2.45) is 5.92 Å². The lowest BCUT2D eigenvalue weighted by Gasteiger charge is -2.25. The molecule has 140 valence electrons. The standard InChI is InChI=1S/C20H30O5/c1-13-16(18(23)20(25-3)19(24-2)17(13)22)8-6-4-5-7-14-9-11-15(21)12-10-14/h14-15,21H,4-12H2,1-3H3/t14-,15-. The van der Waals surface area contributed by atoms with E-state index in [1.807, 2.05) is 0 Å².